The van der Waals surface area contributed by atoms with Crippen LogP contribution in [0.1, 0.15) is 21.4 Å². The van der Waals surface area contributed by atoms with E-state index in [1.54, 1.807) is 11.3 Å². The molecule has 23 heavy (non-hydrogen) atoms. The van der Waals surface area contributed by atoms with Crippen molar-refractivity contribution in [2.45, 2.75) is 19.5 Å². The van der Waals surface area contributed by atoms with Crippen LogP contribution in [-0.4, -0.2) is 42.5 Å². The largest absolute Gasteiger partial charge is 0.333 e. The van der Waals surface area contributed by atoms with Gasteiger partial charge in [0.2, 0.25) is 0 Å². The number of carbonyl (C=O) groups excluding carboxylic acids is 1. The first kappa shape index (κ1) is 16.0. The smallest absolute Gasteiger partial charge is 0.318 e. The standard InChI is InChI=1S/C18H23N3OS/c1-14-8-9-16(23-14)12-19-18(22)21-11-10-20(2)13-17(21)15-6-4-3-5-7-15/h3-9,17H,10-13H2,1-2H3,(H,19,22). The maximum absolute atomic E-state index is 12.7. The van der Waals surface area contributed by atoms with Crippen LogP contribution in [0.25, 0.3) is 0 Å². The van der Waals surface area contributed by atoms with Gasteiger partial charge in [0.15, 0.2) is 0 Å². The monoisotopic (exact) mass is 329 g/mol. The quantitative estimate of drug-likeness (QED) is 0.938. The number of carbonyl (C=O) groups is 1. The van der Waals surface area contributed by atoms with Crippen LogP contribution in [0.2, 0.25) is 0 Å². The molecule has 0 spiro atoms. The van der Waals surface area contributed by atoms with Crippen LogP contribution >= 0.6 is 11.3 Å². The fourth-order valence-electron chi connectivity index (χ4n) is 2.97. The van der Waals surface area contributed by atoms with E-state index in [0.29, 0.717) is 6.54 Å². The van der Waals surface area contributed by atoms with Crippen molar-refractivity contribution in [1.29, 1.82) is 0 Å². The van der Waals surface area contributed by atoms with Crippen molar-refractivity contribution in [2.24, 2.45) is 0 Å². The van der Waals surface area contributed by atoms with Crippen LogP contribution in [0, 0.1) is 6.92 Å². The van der Waals surface area contributed by atoms with E-state index in [4.69, 9.17) is 0 Å². The van der Waals surface area contributed by atoms with Gasteiger partial charge in [0, 0.05) is 29.4 Å². The Kier molecular flexibility index (Phi) is 4.98. The number of nitrogens with one attached hydrogen (secondary N) is 1. The number of likely N-dealkylation sites (N-methyl/N-ethyl adjacent to an activating group) is 1. The first-order valence-electron chi connectivity index (χ1n) is 7.97. The lowest BCUT2D eigenvalue weighted by atomic mass is 10.0. The molecule has 0 bridgehead atoms. The molecule has 1 aromatic heterocycles. The number of thiophene rings is 1. The molecule has 0 saturated carbocycles. The lowest BCUT2D eigenvalue weighted by molar-refractivity contribution is 0.108. The number of aryl methyl sites for hydroxylation is 1. The van der Waals surface area contributed by atoms with Gasteiger partial charge in [-0.05, 0) is 31.7 Å². The summed E-state index contributed by atoms with van der Waals surface area (Å²) in [5.41, 5.74) is 1.20. The minimum atomic E-state index is 0.0259. The van der Waals surface area contributed by atoms with Crippen molar-refractivity contribution in [3.63, 3.8) is 0 Å². The normalized spacial score (nSPS) is 18.9. The van der Waals surface area contributed by atoms with Gasteiger partial charge < -0.3 is 15.1 Å². The predicted molar refractivity (Wildman–Crippen MR) is 94.7 cm³/mol. The first-order valence-corrected chi connectivity index (χ1v) is 8.78. The maximum atomic E-state index is 12.7. The SMILES string of the molecule is Cc1ccc(CNC(=O)N2CCN(C)CC2c2ccccc2)s1. The van der Waals surface area contributed by atoms with E-state index in [-0.39, 0.29) is 12.1 Å². The summed E-state index contributed by atoms with van der Waals surface area (Å²) >= 11 is 1.73. The van der Waals surface area contributed by atoms with Gasteiger partial charge >= 0.3 is 6.03 Å². The highest BCUT2D eigenvalue weighted by Crippen LogP contribution is 2.25. The number of rotatable bonds is 3. The maximum Gasteiger partial charge on any atom is 0.318 e. The zero-order valence-electron chi connectivity index (χ0n) is 13.7. The number of hydrogen-bond acceptors (Lipinski definition) is 3. The minimum absolute atomic E-state index is 0.0259. The number of urea groups is 1. The molecule has 1 aromatic carbocycles. The van der Waals surface area contributed by atoms with E-state index in [9.17, 15) is 4.79 Å². The number of hydrogen-bond donors (Lipinski definition) is 1. The summed E-state index contributed by atoms with van der Waals surface area (Å²) < 4.78 is 0. The molecule has 2 aromatic rings. The summed E-state index contributed by atoms with van der Waals surface area (Å²) in [5, 5.41) is 3.08. The minimum Gasteiger partial charge on any atom is -0.333 e. The molecular formula is C18H23N3OS. The summed E-state index contributed by atoms with van der Waals surface area (Å²) in [7, 11) is 2.11. The van der Waals surface area contributed by atoms with Gasteiger partial charge in [-0.25, -0.2) is 4.79 Å². The summed E-state index contributed by atoms with van der Waals surface area (Å²) in [6, 6.07) is 14.6. The predicted octanol–water partition coefficient (Wildman–Crippen LogP) is 3.25. The van der Waals surface area contributed by atoms with Crippen LogP contribution < -0.4 is 5.32 Å². The van der Waals surface area contributed by atoms with E-state index in [1.165, 1.54) is 15.3 Å². The lowest BCUT2D eigenvalue weighted by Crippen LogP contribution is -2.52. The molecule has 1 unspecified atom stereocenters. The molecule has 1 aliphatic rings. The number of amides is 2. The summed E-state index contributed by atoms with van der Waals surface area (Å²) in [6.45, 7) is 5.23. The molecular weight excluding hydrogens is 306 g/mol. The third-order valence-corrected chi connectivity index (χ3v) is 5.24. The van der Waals surface area contributed by atoms with Gasteiger partial charge in [-0.15, -0.1) is 11.3 Å². The van der Waals surface area contributed by atoms with E-state index < -0.39 is 0 Å². The van der Waals surface area contributed by atoms with Gasteiger partial charge in [0.05, 0.1) is 12.6 Å². The summed E-state index contributed by atoms with van der Waals surface area (Å²) in [5.74, 6) is 0. The van der Waals surface area contributed by atoms with Gasteiger partial charge in [0.1, 0.15) is 0 Å². The first-order chi connectivity index (χ1) is 11.1. The zero-order valence-corrected chi connectivity index (χ0v) is 14.5. The fraction of sp³-hybridized carbons (Fsp3) is 0.389. The van der Waals surface area contributed by atoms with Crippen molar-refractivity contribution in [1.82, 2.24) is 15.1 Å². The van der Waals surface area contributed by atoms with Crippen molar-refractivity contribution < 1.29 is 4.79 Å². The molecule has 4 nitrogen and oxygen atoms in total. The Hall–Kier alpha value is -1.85. The molecule has 3 rings (SSSR count). The lowest BCUT2D eigenvalue weighted by Gasteiger charge is -2.40. The van der Waals surface area contributed by atoms with E-state index in [0.717, 1.165) is 19.6 Å². The molecule has 1 aliphatic heterocycles. The Morgan fingerprint density at radius 1 is 1.22 bits per heavy atom. The van der Waals surface area contributed by atoms with Crippen molar-refractivity contribution in [3.05, 3.63) is 57.8 Å². The number of benzene rings is 1. The van der Waals surface area contributed by atoms with E-state index in [1.807, 2.05) is 23.1 Å². The second kappa shape index (κ2) is 7.15. The molecule has 1 atom stereocenters. The number of nitrogens with zero attached hydrogens (tertiary/aromatic N) is 2. The Morgan fingerprint density at radius 3 is 2.70 bits per heavy atom. The molecule has 0 radical (unpaired) electrons. The van der Waals surface area contributed by atoms with E-state index in [2.05, 4.69) is 48.5 Å². The number of piperazine rings is 1. The molecule has 0 aliphatic carbocycles. The van der Waals surface area contributed by atoms with Gasteiger partial charge in [0.25, 0.3) is 0 Å². The molecule has 5 heteroatoms. The molecule has 1 N–H and O–H groups in total. The Labute approximate surface area is 141 Å². The molecule has 2 amide bonds. The zero-order chi connectivity index (χ0) is 16.2. The summed E-state index contributed by atoms with van der Waals surface area (Å²) in [6.07, 6.45) is 0. The average Bonchev–Trinajstić information content (AvgIpc) is 2.99. The van der Waals surface area contributed by atoms with Crippen LogP contribution in [0.3, 0.4) is 0 Å². The van der Waals surface area contributed by atoms with Crippen molar-refractivity contribution >= 4 is 17.4 Å². The van der Waals surface area contributed by atoms with Crippen LogP contribution in [0.15, 0.2) is 42.5 Å². The topological polar surface area (TPSA) is 35.6 Å². The Balaban J connectivity index is 1.69. The fourth-order valence-corrected chi connectivity index (χ4v) is 3.80. The second-order valence-corrected chi connectivity index (χ2v) is 7.43. The highest BCUT2D eigenvalue weighted by atomic mass is 32.1. The highest BCUT2D eigenvalue weighted by Gasteiger charge is 2.30. The third-order valence-electron chi connectivity index (χ3n) is 4.24. The van der Waals surface area contributed by atoms with Gasteiger partial charge in [-0.1, -0.05) is 30.3 Å². The molecule has 122 valence electrons. The van der Waals surface area contributed by atoms with Gasteiger partial charge in [-0.3, -0.25) is 0 Å². The third kappa shape index (κ3) is 3.92. The molecule has 1 saturated heterocycles. The Morgan fingerprint density at radius 2 is 2.00 bits per heavy atom. The van der Waals surface area contributed by atoms with Crippen LogP contribution in [-0.2, 0) is 6.54 Å². The molecule has 1 fully saturated rings. The van der Waals surface area contributed by atoms with Gasteiger partial charge in [-0.2, -0.15) is 0 Å². The highest BCUT2D eigenvalue weighted by molar-refractivity contribution is 7.11. The van der Waals surface area contributed by atoms with Crippen molar-refractivity contribution in [3.8, 4) is 0 Å². The van der Waals surface area contributed by atoms with Crippen LogP contribution in [0.4, 0.5) is 4.79 Å². The summed E-state index contributed by atoms with van der Waals surface area (Å²) in [4.78, 5) is 19.4. The van der Waals surface area contributed by atoms with Crippen LogP contribution in [0.5, 0.6) is 0 Å². The van der Waals surface area contributed by atoms with Crippen molar-refractivity contribution in [2.75, 3.05) is 26.7 Å². The Bertz CT molecular complexity index is 655. The average molecular weight is 329 g/mol. The second-order valence-electron chi connectivity index (χ2n) is 6.05. The molecule has 2 heterocycles. The van der Waals surface area contributed by atoms with E-state index >= 15 is 0 Å².